The van der Waals surface area contributed by atoms with Crippen LogP contribution in [0.25, 0.3) is 0 Å². The molecule has 0 aliphatic carbocycles. The molecule has 2 rings (SSSR count). The van der Waals surface area contributed by atoms with Crippen LogP contribution < -0.4 is 10.2 Å². The van der Waals surface area contributed by atoms with Gasteiger partial charge >= 0.3 is 5.97 Å². The maximum Gasteiger partial charge on any atom is 0.322 e. The lowest BCUT2D eigenvalue weighted by molar-refractivity contribution is -0.139. The Bertz CT molecular complexity index is 384. The van der Waals surface area contributed by atoms with Crippen molar-refractivity contribution < 1.29 is 9.90 Å². The Morgan fingerprint density at radius 3 is 2.88 bits per heavy atom. The minimum atomic E-state index is -0.862. The first kappa shape index (κ1) is 11.1. The molecule has 1 atom stereocenters. The summed E-state index contributed by atoms with van der Waals surface area (Å²) in [5, 5.41) is 12.3. The molecular weight excluding hydrogens is 232 g/mol. The van der Waals surface area contributed by atoms with Crippen LogP contribution in [0, 0.1) is 0 Å². The summed E-state index contributed by atoms with van der Waals surface area (Å²) in [4.78, 5) is 20.8. The van der Waals surface area contributed by atoms with Crippen molar-refractivity contribution in [3.05, 3.63) is 17.4 Å². The number of hydrogen-bond donors (Lipinski definition) is 2. The van der Waals surface area contributed by atoms with Gasteiger partial charge in [0.25, 0.3) is 0 Å². The van der Waals surface area contributed by atoms with Gasteiger partial charge in [0.15, 0.2) is 0 Å². The molecule has 0 saturated carbocycles. The van der Waals surface area contributed by atoms with Crippen LogP contribution in [-0.2, 0) is 4.79 Å². The van der Waals surface area contributed by atoms with Gasteiger partial charge in [-0.15, -0.1) is 0 Å². The fourth-order valence-electron chi connectivity index (χ4n) is 1.57. The summed E-state index contributed by atoms with van der Waals surface area (Å²) >= 11 is 5.68. The van der Waals surface area contributed by atoms with Crippen molar-refractivity contribution in [2.75, 3.05) is 24.5 Å². The van der Waals surface area contributed by atoms with Gasteiger partial charge in [-0.2, -0.15) is 0 Å². The van der Waals surface area contributed by atoms with Gasteiger partial charge in [-0.1, -0.05) is 11.6 Å². The molecular formula is C9H11ClN4O2. The Morgan fingerprint density at radius 1 is 1.56 bits per heavy atom. The van der Waals surface area contributed by atoms with Crippen LogP contribution in [0.2, 0.25) is 5.02 Å². The Labute approximate surface area is 97.3 Å². The smallest absolute Gasteiger partial charge is 0.322 e. The third-order valence-electron chi connectivity index (χ3n) is 2.36. The molecule has 7 heteroatoms. The Balaban J connectivity index is 2.09. The fourth-order valence-corrected chi connectivity index (χ4v) is 1.66. The first-order valence-corrected chi connectivity index (χ1v) is 5.23. The van der Waals surface area contributed by atoms with Gasteiger partial charge in [0.05, 0.1) is 17.4 Å². The number of carbonyl (C=O) groups is 1. The van der Waals surface area contributed by atoms with Crippen molar-refractivity contribution >= 4 is 23.5 Å². The molecule has 0 unspecified atom stereocenters. The first-order valence-electron chi connectivity index (χ1n) is 4.85. The van der Waals surface area contributed by atoms with E-state index in [-0.39, 0.29) is 0 Å². The second kappa shape index (κ2) is 4.63. The SMILES string of the molecule is O=C(O)[C@@H]1CN(c2ncc(Cl)cn2)CCN1. The van der Waals surface area contributed by atoms with Gasteiger partial charge in [-0.05, 0) is 0 Å². The standard InChI is InChI=1S/C9H11ClN4O2/c10-6-3-12-9(13-4-6)14-2-1-11-7(5-14)8(15)16/h3-4,7,11H,1-2,5H2,(H,15,16)/t7-/m0/s1. The quantitative estimate of drug-likeness (QED) is 0.760. The van der Waals surface area contributed by atoms with Crippen LogP contribution in [0.5, 0.6) is 0 Å². The van der Waals surface area contributed by atoms with E-state index in [2.05, 4.69) is 15.3 Å². The average molecular weight is 243 g/mol. The van der Waals surface area contributed by atoms with Crippen LogP contribution in [0.3, 0.4) is 0 Å². The molecule has 2 N–H and O–H groups in total. The zero-order chi connectivity index (χ0) is 11.5. The van der Waals surface area contributed by atoms with E-state index in [4.69, 9.17) is 16.7 Å². The number of hydrogen-bond acceptors (Lipinski definition) is 5. The number of carboxylic acids is 1. The van der Waals surface area contributed by atoms with Gasteiger partial charge in [-0.3, -0.25) is 4.79 Å². The van der Waals surface area contributed by atoms with Crippen molar-refractivity contribution in [1.82, 2.24) is 15.3 Å². The highest BCUT2D eigenvalue weighted by molar-refractivity contribution is 6.30. The van der Waals surface area contributed by atoms with E-state index in [0.717, 1.165) is 0 Å². The third kappa shape index (κ3) is 2.40. The fraction of sp³-hybridized carbons (Fsp3) is 0.444. The summed E-state index contributed by atoms with van der Waals surface area (Å²) in [7, 11) is 0. The minimum Gasteiger partial charge on any atom is -0.480 e. The molecule has 1 saturated heterocycles. The first-order chi connectivity index (χ1) is 7.66. The molecule has 1 aromatic heterocycles. The van der Waals surface area contributed by atoms with E-state index in [0.29, 0.717) is 30.6 Å². The van der Waals surface area contributed by atoms with E-state index >= 15 is 0 Å². The van der Waals surface area contributed by atoms with E-state index in [1.807, 2.05) is 4.90 Å². The number of aliphatic carboxylic acids is 1. The second-order valence-corrected chi connectivity index (χ2v) is 3.93. The summed E-state index contributed by atoms with van der Waals surface area (Å²) in [6.45, 7) is 1.64. The Hall–Kier alpha value is -1.40. The monoisotopic (exact) mass is 242 g/mol. The molecule has 2 heterocycles. The molecule has 0 aromatic carbocycles. The van der Waals surface area contributed by atoms with Crippen LogP contribution in [0.15, 0.2) is 12.4 Å². The van der Waals surface area contributed by atoms with Gasteiger partial charge in [-0.25, -0.2) is 9.97 Å². The van der Waals surface area contributed by atoms with Gasteiger partial charge in [0, 0.05) is 19.6 Å². The molecule has 1 aliphatic rings. The summed E-state index contributed by atoms with van der Waals surface area (Å²) in [6.07, 6.45) is 3.00. The molecule has 86 valence electrons. The second-order valence-electron chi connectivity index (χ2n) is 3.49. The lowest BCUT2D eigenvalue weighted by Gasteiger charge is -2.31. The predicted octanol–water partition coefficient (Wildman–Crippen LogP) is -0.00720. The average Bonchev–Trinajstić information content (AvgIpc) is 2.30. The summed E-state index contributed by atoms with van der Waals surface area (Å²) < 4.78 is 0. The van der Waals surface area contributed by atoms with Gasteiger partial charge < -0.3 is 15.3 Å². The van der Waals surface area contributed by atoms with Crippen molar-refractivity contribution in [2.45, 2.75) is 6.04 Å². The molecule has 0 radical (unpaired) electrons. The lowest BCUT2D eigenvalue weighted by Crippen LogP contribution is -2.54. The number of halogens is 1. The molecule has 1 aliphatic heterocycles. The topological polar surface area (TPSA) is 78.3 Å². The molecule has 16 heavy (non-hydrogen) atoms. The normalized spacial score (nSPS) is 20.8. The van der Waals surface area contributed by atoms with Gasteiger partial charge in [0.1, 0.15) is 6.04 Å². The van der Waals surface area contributed by atoms with Gasteiger partial charge in [0.2, 0.25) is 5.95 Å². The summed E-state index contributed by atoms with van der Waals surface area (Å²) in [6, 6.07) is -0.576. The zero-order valence-electron chi connectivity index (χ0n) is 8.43. The van der Waals surface area contributed by atoms with Crippen molar-refractivity contribution in [2.24, 2.45) is 0 Å². The van der Waals surface area contributed by atoms with E-state index in [1.165, 1.54) is 12.4 Å². The lowest BCUT2D eigenvalue weighted by atomic mass is 10.2. The largest absolute Gasteiger partial charge is 0.480 e. The summed E-state index contributed by atoms with van der Waals surface area (Å²) in [5.41, 5.74) is 0. The highest BCUT2D eigenvalue weighted by Gasteiger charge is 2.25. The van der Waals surface area contributed by atoms with E-state index < -0.39 is 12.0 Å². The van der Waals surface area contributed by atoms with Crippen molar-refractivity contribution in [1.29, 1.82) is 0 Å². The Morgan fingerprint density at radius 2 is 2.25 bits per heavy atom. The highest BCUT2D eigenvalue weighted by atomic mass is 35.5. The number of carboxylic acid groups (broad SMARTS) is 1. The number of nitrogens with zero attached hydrogens (tertiary/aromatic N) is 3. The number of rotatable bonds is 2. The van der Waals surface area contributed by atoms with E-state index in [9.17, 15) is 4.79 Å². The predicted molar refractivity (Wildman–Crippen MR) is 58.7 cm³/mol. The molecule has 0 bridgehead atoms. The maximum absolute atomic E-state index is 10.8. The molecule has 0 amide bonds. The minimum absolute atomic E-state index is 0.358. The molecule has 6 nitrogen and oxygen atoms in total. The highest BCUT2D eigenvalue weighted by Crippen LogP contribution is 2.12. The molecule has 1 fully saturated rings. The number of aromatic nitrogens is 2. The van der Waals surface area contributed by atoms with E-state index in [1.54, 1.807) is 0 Å². The maximum atomic E-state index is 10.8. The number of anilines is 1. The summed E-state index contributed by atoms with van der Waals surface area (Å²) in [5.74, 6) is -0.351. The zero-order valence-corrected chi connectivity index (χ0v) is 9.18. The number of nitrogens with one attached hydrogen (secondary N) is 1. The van der Waals surface area contributed by atoms with Crippen LogP contribution >= 0.6 is 11.6 Å². The van der Waals surface area contributed by atoms with Crippen molar-refractivity contribution in [3.8, 4) is 0 Å². The third-order valence-corrected chi connectivity index (χ3v) is 2.56. The van der Waals surface area contributed by atoms with Crippen LogP contribution in [-0.4, -0.2) is 46.7 Å². The molecule has 0 spiro atoms. The van der Waals surface area contributed by atoms with Crippen molar-refractivity contribution in [3.63, 3.8) is 0 Å². The van der Waals surface area contributed by atoms with Crippen LogP contribution in [0.4, 0.5) is 5.95 Å². The number of piperazine rings is 1. The van der Waals surface area contributed by atoms with Crippen LogP contribution in [0.1, 0.15) is 0 Å². The molecule has 1 aromatic rings. The Kier molecular flexibility index (Phi) is 3.21.